The minimum absolute atomic E-state index is 0.218. The van der Waals surface area contributed by atoms with Gasteiger partial charge in [0.1, 0.15) is 32.2 Å². The highest BCUT2D eigenvalue weighted by atomic mass is 16.6. The molecule has 6 rings (SSSR count). The number of benzene rings is 3. The lowest BCUT2D eigenvalue weighted by molar-refractivity contribution is 0.0924. The van der Waals surface area contributed by atoms with Gasteiger partial charge >= 0.3 is 0 Å². The number of carbonyl (C=O) groups excluding carboxylic acids is 1. The van der Waals surface area contributed by atoms with E-state index in [-0.39, 0.29) is 11.7 Å². The lowest BCUT2D eigenvalue weighted by Crippen LogP contribution is -2.22. The Morgan fingerprint density at radius 3 is 1.97 bits per heavy atom. The highest BCUT2D eigenvalue weighted by Crippen LogP contribution is 2.42. The fourth-order valence-corrected chi connectivity index (χ4v) is 4.19. The first-order chi connectivity index (χ1) is 17.2. The molecule has 3 aromatic carbocycles. The predicted octanol–water partition coefficient (Wildman–Crippen LogP) is 5.09. The number of carbonyl (C=O) groups is 1. The van der Waals surface area contributed by atoms with Crippen LogP contribution in [0.5, 0.6) is 23.0 Å². The van der Waals surface area contributed by atoms with Gasteiger partial charge in [0, 0.05) is 17.7 Å². The molecular weight excluding hydrogens is 446 g/mol. The number of furan rings is 1. The predicted molar refractivity (Wildman–Crippen MR) is 129 cm³/mol. The Balaban J connectivity index is 1.38. The molecule has 1 N–H and O–H groups in total. The van der Waals surface area contributed by atoms with Gasteiger partial charge in [-0.15, -0.1) is 0 Å². The van der Waals surface area contributed by atoms with Crippen LogP contribution in [0.15, 0.2) is 77.2 Å². The fourth-order valence-electron chi connectivity index (χ4n) is 4.19. The summed E-state index contributed by atoms with van der Waals surface area (Å²) in [7, 11) is 0. The van der Waals surface area contributed by atoms with Crippen molar-refractivity contribution in [3.8, 4) is 45.4 Å². The van der Waals surface area contributed by atoms with Crippen LogP contribution in [0, 0.1) is 0 Å². The van der Waals surface area contributed by atoms with Crippen LogP contribution >= 0.6 is 0 Å². The summed E-state index contributed by atoms with van der Waals surface area (Å²) in [4.78, 5) is 13.0. The second kappa shape index (κ2) is 9.10. The molecule has 176 valence electrons. The number of nitrogens with one attached hydrogen (secondary N) is 1. The molecule has 2 aliphatic heterocycles. The fraction of sp³-hybridized carbons (Fsp3) is 0.179. The first-order valence-corrected chi connectivity index (χ1v) is 11.5. The molecule has 0 saturated carbocycles. The number of hydrogen-bond donors (Lipinski definition) is 1. The van der Waals surface area contributed by atoms with Crippen molar-refractivity contribution in [1.82, 2.24) is 5.32 Å². The molecule has 4 aromatic rings. The lowest BCUT2D eigenvalue weighted by atomic mass is 10.0. The largest absolute Gasteiger partial charge is 0.486 e. The van der Waals surface area contributed by atoms with Gasteiger partial charge in [-0.25, -0.2) is 0 Å². The van der Waals surface area contributed by atoms with E-state index >= 15 is 0 Å². The second-order valence-corrected chi connectivity index (χ2v) is 8.24. The minimum atomic E-state index is -0.295. The van der Waals surface area contributed by atoms with Crippen molar-refractivity contribution in [2.45, 2.75) is 6.54 Å². The van der Waals surface area contributed by atoms with Crippen LogP contribution in [0.1, 0.15) is 16.1 Å². The molecule has 0 atom stereocenters. The van der Waals surface area contributed by atoms with Gasteiger partial charge in [-0.05, 0) is 47.5 Å². The lowest BCUT2D eigenvalue weighted by Gasteiger charge is -2.19. The topological polar surface area (TPSA) is 79.2 Å². The zero-order valence-electron chi connectivity index (χ0n) is 18.9. The third-order valence-corrected chi connectivity index (χ3v) is 5.91. The van der Waals surface area contributed by atoms with E-state index in [1.165, 1.54) is 0 Å². The number of rotatable bonds is 5. The molecule has 2 aliphatic rings. The Morgan fingerprint density at radius 1 is 0.686 bits per heavy atom. The molecule has 0 saturated heterocycles. The van der Waals surface area contributed by atoms with Gasteiger partial charge in [0.25, 0.3) is 5.91 Å². The molecule has 0 aliphatic carbocycles. The molecule has 1 aromatic heterocycles. The zero-order valence-corrected chi connectivity index (χ0v) is 18.9. The standard InChI is InChI=1S/C28H23NO6/c30-28(29-17-18-4-2-1-3-5-18)26-16-21(19-6-8-22-24(14-19)33-12-10-31-22)27(35-26)20-7-9-23-25(15-20)34-13-11-32-23/h1-9,14-16H,10-13,17H2,(H,29,30). The first kappa shape index (κ1) is 21.2. The Bertz CT molecular complexity index is 1300. The molecule has 35 heavy (non-hydrogen) atoms. The van der Waals surface area contributed by atoms with Gasteiger partial charge in [-0.3, -0.25) is 4.79 Å². The highest BCUT2D eigenvalue weighted by molar-refractivity contribution is 5.95. The van der Waals surface area contributed by atoms with Crippen LogP contribution in [-0.4, -0.2) is 32.3 Å². The minimum Gasteiger partial charge on any atom is -0.486 e. The van der Waals surface area contributed by atoms with Gasteiger partial charge in [-0.2, -0.15) is 0 Å². The molecule has 0 radical (unpaired) electrons. The van der Waals surface area contributed by atoms with E-state index < -0.39 is 0 Å². The molecule has 1 amide bonds. The molecule has 7 heteroatoms. The van der Waals surface area contributed by atoms with Crippen LogP contribution in [-0.2, 0) is 6.54 Å². The van der Waals surface area contributed by atoms with Crippen LogP contribution < -0.4 is 24.3 Å². The Kier molecular flexibility index (Phi) is 5.50. The first-order valence-electron chi connectivity index (χ1n) is 11.5. The SMILES string of the molecule is O=C(NCc1ccccc1)c1cc(-c2ccc3c(c2)OCCO3)c(-c2ccc3c(c2)OCCO3)o1. The quantitative estimate of drug-likeness (QED) is 0.439. The summed E-state index contributed by atoms with van der Waals surface area (Å²) in [6.45, 7) is 2.41. The van der Waals surface area contributed by atoms with Crippen molar-refractivity contribution in [1.29, 1.82) is 0 Å². The van der Waals surface area contributed by atoms with Crippen molar-refractivity contribution < 1.29 is 28.2 Å². The van der Waals surface area contributed by atoms with Gasteiger partial charge in [0.2, 0.25) is 0 Å². The molecule has 7 nitrogen and oxygen atoms in total. The van der Waals surface area contributed by atoms with Crippen molar-refractivity contribution in [3.05, 3.63) is 84.1 Å². The number of hydrogen-bond acceptors (Lipinski definition) is 6. The highest BCUT2D eigenvalue weighted by Gasteiger charge is 2.23. The Morgan fingerprint density at radius 2 is 1.29 bits per heavy atom. The summed E-state index contributed by atoms with van der Waals surface area (Å²) in [5.41, 5.74) is 3.40. The van der Waals surface area contributed by atoms with Gasteiger partial charge < -0.3 is 28.7 Å². The second-order valence-electron chi connectivity index (χ2n) is 8.24. The van der Waals surface area contributed by atoms with Crippen LogP contribution in [0.25, 0.3) is 22.5 Å². The Labute approximate surface area is 202 Å². The van der Waals surface area contributed by atoms with Crippen LogP contribution in [0.4, 0.5) is 0 Å². The maximum atomic E-state index is 13.0. The van der Waals surface area contributed by atoms with Crippen molar-refractivity contribution in [2.75, 3.05) is 26.4 Å². The Hall–Kier alpha value is -4.39. The number of amides is 1. The smallest absolute Gasteiger partial charge is 0.287 e. The zero-order chi connectivity index (χ0) is 23.6. The average Bonchev–Trinajstić information content (AvgIpc) is 3.37. The number of fused-ring (bicyclic) bond motifs is 2. The third kappa shape index (κ3) is 4.28. The third-order valence-electron chi connectivity index (χ3n) is 5.91. The van der Waals surface area contributed by atoms with Crippen molar-refractivity contribution >= 4 is 5.91 Å². The summed E-state index contributed by atoms with van der Waals surface area (Å²) >= 11 is 0. The van der Waals surface area contributed by atoms with E-state index in [1.807, 2.05) is 66.7 Å². The average molecular weight is 469 g/mol. The van der Waals surface area contributed by atoms with Crippen molar-refractivity contribution in [2.24, 2.45) is 0 Å². The summed E-state index contributed by atoms with van der Waals surface area (Å²) in [6.07, 6.45) is 0. The van der Waals surface area contributed by atoms with E-state index in [4.69, 9.17) is 23.4 Å². The maximum absolute atomic E-state index is 13.0. The van der Waals surface area contributed by atoms with E-state index in [0.717, 1.165) is 22.3 Å². The molecular formula is C28H23NO6. The molecule has 3 heterocycles. The molecule has 0 unspecified atom stereocenters. The summed E-state index contributed by atoms with van der Waals surface area (Å²) in [5, 5.41) is 2.94. The number of ether oxygens (including phenoxy) is 4. The summed E-state index contributed by atoms with van der Waals surface area (Å²) in [6, 6.07) is 22.9. The van der Waals surface area contributed by atoms with E-state index in [2.05, 4.69) is 5.32 Å². The van der Waals surface area contributed by atoms with Gasteiger partial charge in [0.15, 0.2) is 28.8 Å². The monoisotopic (exact) mass is 469 g/mol. The van der Waals surface area contributed by atoms with Gasteiger partial charge in [-0.1, -0.05) is 36.4 Å². The summed E-state index contributed by atoms with van der Waals surface area (Å²) < 4.78 is 29.0. The van der Waals surface area contributed by atoms with E-state index in [1.54, 1.807) is 6.07 Å². The van der Waals surface area contributed by atoms with Crippen molar-refractivity contribution in [3.63, 3.8) is 0 Å². The summed E-state index contributed by atoms with van der Waals surface area (Å²) in [5.74, 6) is 3.18. The van der Waals surface area contributed by atoms with E-state index in [0.29, 0.717) is 61.7 Å². The van der Waals surface area contributed by atoms with Crippen LogP contribution in [0.2, 0.25) is 0 Å². The molecule has 0 fully saturated rings. The van der Waals surface area contributed by atoms with E-state index in [9.17, 15) is 4.79 Å². The molecule has 0 bridgehead atoms. The maximum Gasteiger partial charge on any atom is 0.287 e. The van der Waals surface area contributed by atoms with Crippen LogP contribution in [0.3, 0.4) is 0 Å². The van der Waals surface area contributed by atoms with Gasteiger partial charge in [0.05, 0.1) is 0 Å². The molecule has 0 spiro atoms. The normalized spacial score (nSPS) is 13.8.